The number of hydrogen-bond donors (Lipinski definition) is 0. The van der Waals surface area contributed by atoms with E-state index in [9.17, 15) is 13.6 Å². The average molecular weight is 280 g/mol. The van der Waals surface area contributed by atoms with Crippen LogP contribution in [-0.2, 0) is 4.79 Å². The summed E-state index contributed by atoms with van der Waals surface area (Å²) in [6.07, 6.45) is 0.304. The number of carbonyl (C=O) groups is 1. The first-order valence-corrected chi connectivity index (χ1v) is 5.95. The van der Waals surface area contributed by atoms with Crippen molar-refractivity contribution in [2.75, 3.05) is 17.3 Å². The van der Waals surface area contributed by atoms with Crippen LogP contribution >= 0.6 is 23.2 Å². The summed E-state index contributed by atoms with van der Waals surface area (Å²) in [6, 6.07) is 1.81. The highest BCUT2D eigenvalue weighted by molar-refractivity contribution is 6.33. The summed E-state index contributed by atoms with van der Waals surface area (Å²) in [5.41, 5.74) is 0.197. The van der Waals surface area contributed by atoms with E-state index in [2.05, 4.69) is 0 Å². The maximum Gasteiger partial charge on any atom is 0.227 e. The van der Waals surface area contributed by atoms with Gasteiger partial charge in [0, 0.05) is 24.9 Å². The van der Waals surface area contributed by atoms with Crippen LogP contribution < -0.4 is 4.90 Å². The van der Waals surface area contributed by atoms with Crippen molar-refractivity contribution in [1.82, 2.24) is 0 Å². The molecule has 17 heavy (non-hydrogen) atoms. The summed E-state index contributed by atoms with van der Waals surface area (Å²) in [5, 5.41) is 0.0208. The SMILES string of the molecule is O=C1CC(CCl)CN1c1cc(F)c(F)cc1Cl. The molecule has 1 aromatic rings. The number of halogens is 4. The first-order chi connectivity index (χ1) is 8.02. The molecular weight excluding hydrogens is 271 g/mol. The summed E-state index contributed by atoms with van der Waals surface area (Å²) in [5.74, 6) is -1.86. The molecule has 1 heterocycles. The molecule has 1 amide bonds. The molecule has 1 saturated heterocycles. The van der Waals surface area contributed by atoms with Crippen molar-refractivity contribution in [3.8, 4) is 0 Å². The van der Waals surface area contributed by atoms with Crippen molar-refractivity contribution >= 4 is 34.8 Å². The van der Waals surface area contributed by atoms with Crippen LogP contribution in [0.2, 0.25) is 5.02 Å². The third-order valence-electron chi connectivity index (χ3n) is 2.70. The minimum Gasteiger partial charge on any atom is -0.310 e. The van der Waals surface area contributed by atoms with Crippen LogP contribution in [0.4, 0.5) is 14.5 Å². The summed E-state index contributed by atoms with van der Waals surface area (Å²) in [4.78, 5) is 13.0. The van der Waals surface area contributed by atoms with E-state index in [1.54, 1.807) is 0 Å². The molecule has 1 unspecified atom stereocenters. The largest absolute Gasteiger partial charge is 0.310 e. The van der Waals surface area contributed by atoms with E-state index >= 15 is 0 Å². The Morgan fingerprint density at radius 1 is 1.35 bits per heavy atom. The number of benzene rings is 1. The van der Waals surface area contributed by atoms with E-state index in [4.69, 9.17) is 23.2 Å². The van der Waals surface area contributed by atoms with Crippen molar-refractivity contribution in [2.45, 2.75) is 6.42 Å². The fourth-order valence-corrected chi connectivity index (χ4v) is 2.30. The van der Waals surface area contributed by atoms with Gasteiger partial charge in [-0.15, -0.1) is 11.6 Å². The van der Waals surface area contributed by atoms with Gasteiger partial charge in [-0.05, 0) is 12.0 Å². The molecular formula is C11H9Cl2F2NO. The van der Waals surface area contributed by atoms with E-state index in [0.29, 0.717) is 18.8 Å². The van der Waals surface area contributed by atoms with E-state index in [1.165, 1.54) is 4.90 Å². The lowest BCUT2D eigenvalue weighted by Crippen LogP contribution is -2.25. The molecule has 0 spiro atoms. The fraction of sp³-hybridized carbons (Fsp3) is 0.364. The number of rotatable bonds is 2. The van der Waals surface area contributed by atoms with Crippen LogP contribution in [0.3, 0.4) is 0 Å². The van der Waals surface area contributed by atoms with Gasteiger partial charge in [0.25, 0.3) is 0 Å². The first-order valence-electron chi connectivity index (χ1n) is 5.03. The van der Waals surface area contributed by atoms with Crippen molar-refractivity contribution in [3.63, 3.8) is 0 Å². The Morgan fingerprint density at radius 3 is 2.59 bits per heavy atom. The first kappa shape index (κ1) is 12.6. The predicted molar refractivity (Wildman–Crippen MR) is 62.5 cm³/mol. The van der Waals surface area contributed by atoms with Crippen LogP contribution in [0, 0.1) is 17.6 Å². The van der Waals surface area contributed by atoms with Crippen molar-refractivity contribution in [3.05, 3.63) is 28.8 Å². The number of amides is 1. The Bertz CT molecular complexity index is 467. The fourth-order valence-electron chi connectivity index (χ4n) is 1.84. The van der Waals surface area contributed by atoms with Gasteiger partial charge in [0.2, 0.25) is 5.91 Å². The molecule has 1 aromatic carbocycles. The third kappa shape index (κ3) is 2.38. The molecule has 0 N–H and O–H groups in total. The monoisotopic (exact) mass is 279 g/mol. The summed E-state index contributed by atoms with van der Waals surface area (Å²) in [7, 11) is 0. The quantitative estimate of drug-likeness (QED) is 0.601. The summed E-state index contributed by atoms with van der Waals surface area (Å²) >= 11 is 11.5. The number of anilines is 1. The predicted octanol–water partition coefficient (Wildman–Crippen LogP) is 3.21. The molecule has 0 saturated carbocycles. The Balaban J connectivity index is 2.35. The normalized spacial score (nSPS) is 20.1. The van der Waals surface area contributed by atoms with Crippen molar-refractivity contribution in [2.24, 2.45) is 5.92 Å². The molecule has 1 aliphatic rings. The van der Waals surface area contributed by atoms with Gasteiger partial charge in [0.15, 0.2) is 11.6 Å². The van der Waals surface area contributed by atoms with Crippen LogP contribution in [0.5, 0.6) is 0 Å². The van der Waals surface area contributed by atoms with Crippen molar-refractivity contribution in [1.29, 1.82) is 0 Å². The lowest BCUT2D eigenvalue weighted by Gasteiger charge is -2.18. The minimum atomic E-state index is -1.03. The van der Waals surface area contributed by atoms with Gasteiger partial charge < -0.3 is 4.90 Å². The number of alkyl halides is 1. The number of hydrogen-bond acceptors (Lipinski definition) is 1. The lowest BCUT2D eigenvalue weighted by molar-refractivity contribution is -0.117. The van der Waals surface area contributed by atoms with Crippen LogP contribution in [0.1, 0.15) is 6.42 Å². The van der Waals surface area contributed by atoms with Crippen LogP contribution in [-0.4, -0.2) is 18.3 Å². The van der Waals surface area contributed by atoms with Gasteiger partial charge in [-0.3, -0.25) is 4.79 Å². The van der Waals surface area contributed by atoms with E-state index < -0.39 is 11.6 Å². The van der Waals surface area contributed by atoms with Gasteiger partial charge in [-0.1, -0.05) is 11.6 Å². The molecule has 2 rings (SSSR count). The summed E-state index contributed by atoms with van der Waals surface area (Å²) < 4.78 is 26.0. The molecule has 92 valence electrons. The lowest BCUT2D eigenvalue weighted by atomic mass is 10.1. The maximum absolute atomic E-state index is 13.1. The molecule has 1 fully saturated rings. The Hall–Kier alpha value is -0.870. The van der Waals surface area contributed by atoms with Crippen LogP contribution in [0.15, 0.2) is 12.1 Å². The summed E-state index contributed by atoms with van der Waals surface area (Å²) in [6.45, 7) is 0.382. The van der Waals surface area contributed by atoms with Crippen molar-refractivity contribution < 1.29 is 13.6 Å². The smallest absolute Gasteiger partial charge is 0.227 e. The van der Waals surface area contributed by atoms with E-state index in [1.807, 2.05) is 0 Å². The van der Waals surface area contributed by atoms with E-state index in [0.717, 1.165) is 12.1 Å². The zero-order valence-electron chi connectivity index (χ0n) is 8.72. The topological polar surface area (TPSA) is 20.3 Å². The molecule has 1 atom stereocenters. The molecule has 2 nitrogen and oxygen atoms in total. The highest BCUT2D eigenvalue weighted by atomic mass is 35.5. The molecule has 0 aromatic heterocycles. The van der Waals surface area contributed by atoms with Gasteiger partial charge in [0.05, 0.1) is 10.7 Å². The van der Waals surface area contributed by atoms with Gasteiger partial charge in [-0.25, -0.2) is 8.78 Å². The molecule has 1 aliphatic heterocycles. The van der Waals surface area contributed by atoms with Gasteiger partial charge in [0.1, 0.15) is 0 Å². The van der Waals surface area contributed by atoms with Crippen LogP contribution in [0.25, 0.3) is 0 Å². The Kier molecular flexibility index (Phi) is 3.54. The second-order valence-electron chi connectivity index (χ2n) is 3.95. The van der Waals surface area contributed by atoms with Gasteiger partial charge in [-0.2, -0.15) is 0 Å². The Labute approximate surface area is 107 Å². The third-order valence-corrected chi connectivity index (χ3v) is 3.44. The van der Waals surface area contributed by atoms with Gasteiger partial charge >= 0.3 is 0 Å². The van der Waals surface area contributed by atoms with E-state index in [-0.39, 0.29) is 22.5 Å². The highest BCUT2D eigenvalue weighted by Gasteiger charge is 2.31. The minimum absolute atomic E-state index is 0.0208. The maximum atomic E-state index is 13.1. The molecule has 0 radical (unpaired) electrons. The Morgan fingerprint density at radius 2 is 2.00 bits per heavy atom. The molecule has 0 bridgehead atoms. The second-order valence-corrected chi connectivity index (χ2v) is 4.66. The zero-order valence-corrected chi connectivity index (χ0v) is 10.2. The highest BCUT2D eigenvalue weighted by Crippen LogP contribution is 2.33. The zero-order chi connectivity index (χ0) is 12.6. The standard InChI is InChI=1S/C11H9Cl2F2NO/c12-4-6-1-11(17)16(5-6)10-3-9(15)8(14)2-7(10)13/h2-3,6H,1,4-5H2. The number of nitrogens with zero attached hydrogens (tertiary/aromatic N) is 1. The number of carbonyl (C=O) groups excluding carboxylic acids is 1. The average Bonchev–Trinajstić information content (AvgIpc) is 2.65. The molecule has 0 aliphatic carbocycles. The molecule has 6 heteroatoms. The second kappa shape index (κ2) is 4.78.